The van der Waals surface area contributed by atoms with Crippen molar-refractivity contribution in [2.45, 2.75) is 18.9 Å². The Morgan fingerprint density at radius 1 is 1.47 bits per heavy atom. The fourth-order valence-corrected chi connectivity index (χ4v) is 1.58. The number of amides is 1. The van der Waals surface area contributed by atoms with Crippen molar-refractivity contribution in [2.75, 3.05) is 20.3 Å². The van der Waals surface area contributed by atoms with E-state index in [1.165, 1.54) is 7.11 Å². The molecule has 0 radical (unpaired) electrons. The van der Waals surface area contributed by atoms with Crippen LogP contribution in [0, 0.1) is 11.3 Å². The molecular formula is C14H18N2O3. The van der Waals surface area contributed by atoms with E-state index in [1.54, 1.807) is 12.1 Å². The van der Waals surface area contributed by atoms with E-state index in [-0.39, 0.29) is 19.1 Å². The standard InChI is InChI=1S/C14H18N2O3/c1-19-10-13(17)9-16-14(18)7-6-11-2-4-12(8-15)5-3-11/h2-5,13,17H,6-7,9-10H2,1H3,(H,16,18). The molecule has 1 rings (SSSR count). The Kier molecular flexibility index (Phi) is 6.58. The van der Waals surface area contributed by atoms with Gasteiger partial charge in [0.05, 0.1) is 24.3 Å². The Balaban J connectivity index is 2.28. The highest BCUT2D eigenvalue weighted by Crippen LogP contribution is 2.05. The smallest absolute Gasteiger partial charge is 0.220 e. The number of hydrogen-bond donors (Lipinski definition) is 2. The predicted octanol–water partition coefficient (Wildman–Crippen LogP) is 0.614. The van der Waals surface area contributed by atoms with Crippen molar-refractivity contribution >= 4 is 5.91 Å². The molecular weight excluding hydrogens is 244 g/mol. The minimum Gasteiger partial charge on any atom is -0.389 e. The molecule has 2 N–H and O–H groups in total. The van der Waals surface area contributed by atoms with Crippen molar-refractivity contribution in [1.29, 1.82) is 5.26 Å². The van der Waals surface area contributed by atoms with Crippen molar-refractivity contribution in [3.63, 3.8) is 0 Å². The van der Waals surface area contributed by atoms with E-state index in [9.17, 15) is 9.90 Å². The third-order valence-electron chi connectivity index (χ3n) is 2.62. The first-order valence-electron chi connectivity index (χ1n) is 6.08. The number of aliphatic hydroxyl groups excluding tert-OH is 1. The molecule has 0 heterocycles. The maximum atomic E-state index is 11.5. The summed E-state index contributed by atoms with van der Waals surface area (Å²) in [5.41, 5.74) is 1.61. The van der Waals surface area contributed by atoms with E-state index in [1.807, 2.05) is 18.2 Å². The van der Waals surface area contributed by atoms with Gasteiger partial charge in [0.15, 0.2) is 0 Å². The number of aryl methyl sites for hydroxylation is 1. The number of aliphatic hydroxyl groups is 1. The second-order valence-corrected chi connectivity index (χ2v) is 4.22. The summed E-state index contributed by atoms with van der Waals surface area (Å²) in [5, 5.41) is 20.7. The Morgan fingerprint density at radius 3 is 2.74 bits per heavy atom. The highest BCUT2D eigenvalue weighted by atomic mass is 16.5. The molecule has 0 aromatic heterocycles. The lowest BCUT2D eigenvalue weighted by Gasteiger charge is -2.10. The third kappa shape index (κ3) is 6.00. The Bertz CT molecular complexity index is 437. The lowest BCUT2D eigenvalue weighted by molar-refractivity contribution is -0.121. The molecule has 102 valence electrons. The van der Waals surface area contributed by atoms with Crippen LogP contribution >= 0.6 is 0 Å². The Hall–Kier alpha value is -1.90. The number of nitriles is 1. The van der Waals surface area contributed by atoms with Crippen LogP contribution in [0.25, 0.3) is 0 Å². The van der Waals surface area contributed by atoms with Crippen LogP contribution in [0.1, 0.15) is 17.5 Å². The molecule has 0 aliphatic heterocycles. The normalized spacial score (nSPS) is 11.6. The Morgan fingerprint density at radius 2 is 2.16 bits per heavy atom. The van der Waals surface area contributed by atoms with E-state index in [0.717, 1.165) is 5.56 Å². The summed E-state index contributed by atoms with van der Waals surface area (Å²) in [7, 11) is 1.50. The van der Waals surface area contributed by atoms with Gasteiger partial charge in [0.25, 0.3) is 0 Å². The number of carbonyl (C=O) groups excluding carboxylic acids is 1. The second-order valence-electron chi connectivity index (χ2n) is 4.22. The fraction of sp³-hybridized carbons (Fsp3) is 0.429. The number of carbonyl (C=O) groups is 1. The van der Waals surface area contributed by atoms with Gasteiger partial charge < -0.3 is 15.2 Å². The van der Waals surface area contributed by atoms with Crippen LogP contribution in [0.3, 0.4) is 0 Å². The molecule has 0 fully saturated rings. The number of hydrogen-bond acceptors (Lipinski definition) is 4. The number of rotatable bonds is 7. The van der Waals surface area contributed by atoms with Crippen LogP contribution in [0.5, 0.6) is 0 Å². The first-order valence-corrected chi connectivity index (χ1v) is 6.08. The lowest BCUT2D eigenvalue weighted by Crippen LogP contribution is -2.34. The molecule has 0 saturated carbocycles. The van der Waals surface area contributed by atoms with E-state index < -0.39 is 6.10 Å². The highest BCUT2D eigenvalue weighted by molar-refractivity contribution is 5.76. The largest absolute Gasteiger partial charge is 0.389 e. The minimum absolute atomic E-state index is 0.112. The molecule has 1 aromatic rings. The summed E-state index contributed by atoms with van der Waals surface area (Å²) >= 11 is 0. The van der Waals surface area contributed by atoms with Crippen LogP contribution in [0.15, 0.2) is 24.3 Å². The van der Waals surface area contributed by atoms with Gasteiger partial charge in [0.2, 0.25) is 5.91 Å². The summed E-state index contributed by atoms with van der Waals surface area (Å²) in [6.07, 6.45) is 0.285. The molecule has 1 amide bonds. The lowest BCUT2D eigenvalue weighted by atomic mass is 10.1. The van der Waals surface area contributed by atoms with E-state index in [2.05, 4.69) is 5.32 Å². The van der Waals surface area contributed by atoms with E-state index in [4.69, 9.17) is 10.00 Å². The molecule has 5 nitrogen and oxygen atoms in total. The molecule has 19 heavy (non-hydrogen) atoms. The molecule has 1 atom stereocenters. The first kappa shape index (κ1) is 15.2. The number of benzene rings is 1. The zero-order chi connectivity index (χ0) is 14.1. The average Bonchev–Trinajstić information content (AvgIpc) is 2.44. The average molecular weight is 262 g/mol. The van der Waals surface area contributed by atoms with Crippen molar-refractivity contribution in [2.24, 2.45) is 0 Å². The Labute approximate surface area is 112 Å². The van der Waals surface area contributed by atoms with Crippen LogP contribution < -0.4 is 5.32 Å². The summed E-state index contributed by atoms with van der Waals surface area (Å²) in [4.78, 5) is 11.5. The van der Waals surface area contributed by atoms with Gasteiger partial charge in [0, 0.05) is 20.1 Å². The molecule has 0 aliphatic carbocycles. The summed E-state index contributed by atoms with van der Waals surface area (Å²) in [5.74, 6) is -0.112. The summed E-state index contributed by atoms with van der Waals surface area (Å²) < 4.78 is 4.76. The van der Waals surface area contributed by atoms with Gasteiger partial charge in [-0.25, -0.2) is 0 Å². The number of methoxy groups -OCH3 is 1. The van der Waals surface area contributed by atoms with Gasteiger partial charge in [-0.15, -0.1) is 0 Å². The molecule has 1 unspecified atom stereocenters. The molecule has 5 heteroatoms. The SMILES string of the molecule is COCC(O)CNC(=O)CCc1ccc(C#N)cc1. The molecule has 0 spiro atoms. The van der Waals surface area contributed by atoms with Gasteiger partial charge in [-0.2, -0.15) is 5.26 Å². The van der Waals surface area contributed by atoms with Crippen molar-refractivity contribution in [3.8, 4) is 6.07 Å². The van der Waals surface area contributed by atoms with Gasteiger partial charge in [-0.3, -0.25) is 4.79 Å². The molecule has 0 saturated heterocycles. The second kappa shape index (κ2) is 8.25. The zero-order valence-electron chi connectivity index (χ0n) is 10.9. The number of nitrogens with one attached hydrogen (secondary N) is 1. The first-order chi connectivity index (χ1) is 9.15. The van der Waals surface area contributed by atoms with Gasteiger partial charge in [-0.05, 0) is 24.1 Å². The van der Waals surface area contributed by atoms with Crippen LogP contribution in [0.4, 0.5) is 0 Å². The monoisotopic (exact) mass is 262 g/mol. The van der Waals surface area contributed by atoms with Crippen LogP contribution in [0.2, 0.25) is 0 Å². The number of nitrogens with zero attached hydrogens (tertiary/aromatic N) is 1. The molecule has 0 aliphatic rings. The van der Waals surface area contributed by atoms with Crippen molar-refractivity contribution < 1.29 is 14.6 Å². The maximum absolute atomic E-state index is 11.5. The summed E-state index contributed by atoms with van der Waals surface area (Å²) in [6.45, 7) is 0.399. The predicted molar refractivity (Wildman–Crippen MR) is 70.4 cm³/mol. The topological polar surface area (TPSA) is 82.3 Å². The van der Waals surface area contributed by atoms with Crippen molar-refractivity contribution in [1.82, 2.24) is 5.32 Å². The minimum atomic E-state index is -0.677. The van der Waals surface area contributed by atoms with Gasteiger partial charge in [0.1, 0.15) is 0 Å². The highest BCUT2D eigenvalue weighted by Gasteiger charge is 2.06. The zero-order valence-corrected chi connectivity index (χ0v) is 10.9. The third-order valence-corrected chi connectivity index (χ3v) is 2.62. The number of ether oxygens (including phenoxy) is 1. The molecule has 0 bridgehead atoms. The maximum Gasteiger partial charge on any atom is 0.220 e. The quantitative estimate of drug-likeness (QED) is 0.754. The van der Waals surface area contributed by atoms with Gasteiger partial charge >= 0.3 is 0 Å². The van der Waals surface area contributed by atoms with Crippen LogP contribution in [-0.2, 0) is 16.0 Å². The van der Waals surface area contributed by atoms with Crippen LogP contribution in [-0.4, -0.2) is 37.4 Å². The van der Waals surface area contributed by atoms with Gasteiger partial charge in [-0.1, -0.05) is 12.1 Å². The summed E-state index contributed by atoms with van der Waals surface area (Å²) in [6, 6.07) is 9.19. The molecule has 1 aromatic carbocycles. The fourth-order valence-electron chi connectivity index (χ4n) is 1.58. The van der Waals surface area contributed by atoms with E-state index in [0.29, 0.717) is 18.4 Å². The van der Waals surface area contributed by atoms with Crippen molar-refractivity contribution in [3.05, 3.63) is 35.4 Å². The van der Waals surface area contributed by atoms with E-state index >= 15 is 0 Å².